The Labute approximate surface area is 317 Å². The fraction of sp³-hybridized carbons (Fsp3) is 0.324. The van der Waals surface area contributed by atoms with Gasteiger partial charge >= 0.3 is 18.0 Å². The molecule has 0 spiro atoms. The molecule has 3 aromatic rings. The van der Waals surface area contributed by atoms with E-state index in [4.69, 9.17) is 36.6 Å². The number of carbonyl (C=O) groups is 6. The second-order valence-corrected chi connectivity index (χ2v) is 11.6. The van der Waals surface area contributed by atoms with Gasteiger partial charge in [-0.1, -0.05) is 48.5 Å². The summed E-state index contributed by atoms with van der Waals surface area (Å²) in [6.07, 6.45) is 0.611. The van der Waals surface area contributed by atoms with Crippen molar-refractivity contribution in [3.05, 3.63) is 95.1 Å². The molecule has 0 heterocycles. The van der Waals surface area contributed by atoms with Crippen molar-refractivity contribution in [2.75, 3.05) is 34.0 Å². The van der Waals surface area contributed by atoms with Crippen LogP contribution in [0.1, 0.15) is 47.9 Å². The molecule has 3 aromatic carbocycles. The highest BCUT2D eigenvalue weighted by atomic mass is 16.6. The number of urea groups is 1. The van der Waals surface area contributed by atoms with Crippen molar-refractivity contribution < 1.29 is 52.8 Å². The molecule has 1 atom stereocenters. The zero-order valence-corrected chi connectivity index (χ0v) is 30.7. The molecule has 0 saturated heterocycles. The average molecular weight is 766 g/mol. The number of guanidine groups is 1. The van der Waals surface area contributed by atoms with E-state index in [2.05, 4.69) is 30.4 Å². The summed E-state index contributed by atoms with van der Waals surface area (Å²) in [5.74, 6) is -3.07. The lowest BCUT2D eigenvalue weighted by Gasteiger charge is -2.23. The number of primary amides is 1. The third-order valence-electron chi connectivity index (χ3n) is 7.39. The van der Waals surface area contributed by atoms with Gasteiger partial charge < -0.3 is 57.2 Å². The summed E-state index contributed by atoms with van der Waals surface area (Å²) in [5.41, 5.74) is 18.8. The Morgan fingerprint density at radius 3 is 1.53 bits per heavy atom. The first-order valence-electron chi connectivity index (χ1n) is 16.8. The van der Waals surface area contributed by atoms with Gasteiger partial charge in [-0.05, 0) is 59.4 Å². The topological polar surface area (TPSA) is 286 Å². The molecule has 55 heavy (non-hydrogen) atoms. The highest BCUT2D eigenvalue weighted by molar-refractivity contribution is 5.92. The van der Waals surface area contributed by atoms with Crippen LogP contribution in [0.5, 0.6) is 11.5 Å². The molecule has 296 valence electrons. The SMILES string of the molecule is CC(=O)O.COC(=O)COc1ccc(C(C(=O)N[C@H](CCCN=C(N)N)C(=O)NCc2ccc(CNC(N)=O)cc2)c2ccc(OCC(=O)OC)cc2)cc1. The second-order valence-electron chi connectivity index (χ2n) is 11.6. The monoisotopic (exact) mass is 765 g/mol. The fourth-order valence-electron chi connectivity index (χ4n) is 4.71. The lowest BCUT2D eigenvalue weighted by Crippen LogP contribution is -2.48. The molecule has 0 saturated carbocycles. The van der Waals surface area contributed by atoms with Crippen molar-refractivity contribution in [1.82, 2.24) is 16.0 Å². The molecular formula is C37H47N7O11. The van der Waals surface area contributed by atoms with Crippen LogP contribution >= 0.6 is 0 Å². The third-order valence-corrected chi connectivity index (χ3v) is 7.39. The lowest BCUT2D eigenvalue weighted by molar-refractivity contribution is -0.143. The average Bonchev–Trinajstić information content (AvgIpc) is 3.16. The summed E-state index contributed by atoms with van der Waals surface area (Å²) < 4.78 is 20.1. The van der Waals surface area contributed by atoms with Crippen LogP contribution in [0.4, 0.5) is 4.79 Å². The van der Waals surface area contributed by atoms with Crippen LogP contribution in [-0.2, 0) is 46.5 Å². The molecule has 0 unspecified atom stereocenters. The molecule has 3 rings (SSSR count). The van der Waals surface area contributed by atoms with Gasteiger partial charge in [0.25, 0.3) is 5.97 Å². The maximum Gasteiger partial charge on any atom is 0.343 e. The number of benzene rings is 3. The highest BCUT2D eigenvalue weighted by Crippen LogP contribution is 2.29. The number of nitrogens with two attached hydrogens (primary N) is 3. The van der Waals surface area contributed by atoms with Crippen molar-refractivity contribution in [3.8, 4) is 11.5 Å². The third kappa shape index (κ3) is 17.5. The van der Waals surface area contributed by atoms with Crippen LogP contribution in [0.2, 0.25) is 0 Å². The molecule has 0 aliphatic carbocycles. The molecular weight excluding hydrogens is 718 g/mol. The molecule has 0 aliphatic rings. The van der Waals surface area contributed by atoms with Crippen LogP contribution in [0, 0.1) is 0 Å². The van der Waals surface area contributed by atoms with Gasteiger partial charge in [-0.25, -0.2) is 14.4 Å². The zero-order chi connectivity index (χ0) is 40.8. The lowest BCUT2D eigenvalue weighted by atomic mass is 9.90. The number of ether oxygens (including phenoxy) is 4. The van der Waals surface area contributed by atoms with Crippen LogP contribution in [0.25, 0.3) is 0 Å². The number of nitrogens with zero attached hydrogens (tertiary/aromatic N) is 1. The number of nitrogens with one attached hydrogen (secondary N) is 3. The quantitative estimate of drug-likeness (QED) is 0.0389. The minimum absolute atomic E-state index is 0.0902. The number of aliphatic carboxylic acids is 1. The largest absolute Gasteiger partial charge is 0.482 e. The van der Waals surface area contributed by atoms with Gasteiger partial charge in [0.15, 0.2) is 19.2 Å². The minimum atomic E-state index is -0.960. The van der Waals surface area contributed by atoms with E-state index >= 15 is 0 Å². The number of hydrogen-bond acceptors (Lipinski definition) is 11. The molecule has 18 heteroatoms. The summed E-state index contributed by atoms with van der Waals surface area (Å²) in [6.45, 7) is 1.18. The number of hydrogen-bond donors (Lipinski definition) is 7. The number of rotatable bonds is 19. The Balaban J connectivity index is 0.00000248. The molecule has 10 N–H and O–H groups in total. The number of methoxy groups -OCH3 is 2. The molecule has 18 nitrogen and oxygen atoms in total. The van der Waals surface area contributed by atoms with Gasteiger partial charge in [0.05, 0.1) is 20.1 Å². The number of esters is 2. The number of amides is 4. The van der Waals surface area contributed by atoms with E-state index in [0.29, 0.717) is 29.0 Å². The molecule has 4 amide bonds. The van der Waals surface area contributed by atoms with Gasteiger partial charge in [-0.15, -0.1) is 0 Å². The summed E-state index contributed by atoms with van der Waals surface area (Å²) in [4.78, 5) is 74.7. The molecule has 0 aliphatic heterocycles. The van der Waals surface area contributed by atoms with E-state index in [9.17, 15) is 24.0 Å². The van der Waals surface area contributed by atoms with E-state index in [1.54, 1.807) is 72.8 Å². The maximum absolute atomic E-state index is 14.1. The Hall–Kier alpha value is -6.85. The van der Waals surface area contributed by atoms with Crippen molar-refractivity contribution in [3.63, 3.8) is 0 Å². The maximum atomic E-state index is 14.1. The Bertz CT molecular complexity index is 1680. The van der Waals surface area contributed by atoms with Gasteiger partial charge in [-0.3, -0.25) is 19.4 Å². The summed E-state index contributed by atoms with van der Waals surface area (Å²) in [6, 6.07) is 18.8. The van der Waals surface area contributed by atoms with E-state index in [1.165, 1.54) is 14.2 Å². The smallest absolute Gasteiger partial charge is 0.343 e. The van der Waals surface area contributed by atoms with Crippen LogP contribution in [0.3, 0.4) is 0 Å². The van der Waals surface area contributed by atoms with Crippen LogP contribution in [0.15, 0.2) is 77.8 Å². The number of aliphatic imine (C=N–C) groups is 1. The normalized spacial score (nSPS) is 10.7. The van der Waals surface area contributed by atoms with E-state index in [1.807, 2.05) is 0 Å². The Morgan fingerprint density at radius 1 is 0.691 bits per heavy atom. The van der Waals surface area contributed by atoms with Gasteiger partial charge in [0.1, 0.15) is 17.5 Å². The van der Waals surface area contributed by atoms with Crippen molar-refractivity contribution in [2.24, 2.45) is 22.2 Å². The van der Waals surface area contributed by atoms with E-state index in [0.717, 1.165) is 18.1 Å². The Morgan fingerprint density at radius 2 is 1.13 bits per heavy atom. The summed E-state index contributed by atoms with van der Waals surface area (Å²) in [5, 5.41) is 15.7. The first-order chi connectivity index (χ1) is 26.2. The van der Waals surface area contributed by atoms with Gasteiger partial charge in [0, 0.05) is 26.6 Å². The fourth-order valence-corrected chi connectivity index (χ4v) is 4.71. The zero-order valence-electron chi connectivity index (χ0n) is 30.7. The van der Waals surface area contributed by atoms with Crippen molar-refractivity contribution >= 4 is 41.7 Å². The predicted molar refractivity (Wildman–Crippen MR) is 200 cm³/mol. The standard InChI is InChI=1S/C35H43N7O9.C2H4O2/c1-48-29(43)20-50-26-13-9-24(10-14-26)31(25-11-15-27(16-12-25)51-21-30(44)49-2)33(46)42-28(4-3-17-39-34(36)37)32(45)40-18-22-5-7-23(8-6-22)19-41-35(38)47;1-2(3)4/h5-16,28,31H,3-4,17-21H2,1-2H3,(H,40,45)(H,42,46)(H4,36,37,39)(H3,38,41,47);1H3,(H,3,4)/t28-;/m1./s1. The minimum Gasteiger partial charge on any atom is -0.482 e. The molecule has 0 bridgehead atoms. The number of carboxylic acid groups (broad SMARTS) is 1. The first-order valence-corrected chi connectivity index (χ1v) is 16.8. The van der Waals surface area contributed by atoms with Crippen molar-refractivity contribution in [1.29, 1.82) is 0 Å². The summed E-state index contributed by atoms with van der Waals surface area (Å²) >= 11 is 0. The molecule has 0 radical (unpaired) electrons. The van der Waals surface area contributed by atoms with Gasteiger partial charge in [-0.2, -0.15) is 0 Å². The van der Waals surface area contributed by atoms with Crippen molar-refractivity contribution in [2.45, 2.75) is 44.8 Å². The van der Waals surface area contributed by atoms with Crippen LogP contribution < -0.4 is 42.6 Å². The highest BCUT2D eigenvalue weighted by Gasteiger charge is 2.28. The van der Waals surface area contributed by atoms with Crippen LogP contribution in [-0.4, -0.2) is 86.8 Å². The molecule has 0 fully saturated rings. The predicted octanol–water partition coefficient (Wildman–Crippen LogP) is 1.04. The summed E-state index contributed by atoms with van der Waals surface area (Å²) in [7, 11) is 2.51. The number of carboxylic acids is 1. The first kappa shape index (κ1) is 44.3. The molecule has 0 aromatic heterocycles. The van der Waals surface area contributed by atoms with E-state index in [-0.39, 0.29) is 45.2 Å². The number of carbonyl (C=O) groups excluding carboxylic acids is 5. The second kappa shape index (κ2) is 23.7. The van der Waals surface area contributed by atoms with E-state index < -0.39 is 47.7 Å². The van der Waals surface area contributed by atoms with Gasteiger partial charge in [0.2, 0.25) is 11.8 Å². The Kier molecular flexibility index (Phi) is 19.1.